The van der Waals surface area contributed by atoms with Gasteiger partial charge >= 0.3 is 0 Å². The summed E-state index contributed by atoms with van der Waals surface area (Å²) < 4.78 is 12.2. The molecule has 0 spiro atoms. The standard InChI is InChI=1S/C16H24N2O2/c1-2-14(20-16-7-11-18-12-8-16)4-3-13(1)19-15-5-9-17-10-6-15/h5-6,9-10,13-14,16,18H,1-4,7-8,11-12H2. The maximum absolute atomic E-state index is 6.23. The lowest BCUT2D eigenvalue weighted by atomic mass is 9.94. The van der Waals surface area contributed by atoms with Gasteiger partial charge in [0.2, 0.25) is 0 Å². The SMILES string of the molecule is c1cc(OC2CCC(OC3CCNCC3)CC2)ccn1. The molecule has 110 valence electrons. The van der Waals surface area contributed by atoms with Crippen molar-refractivity contribution in [1.82, 2.24) is 10.3 Å². The van der Waals surface area contributed by atoms with Crippen LogP contribution in [0.15, 0.2) is 24.5 Å². The first-order chi connectivity index (χ1) is 9.90. The molecular formula is C16H24N2O2. The number of ether oxygens (including phenoxy) is 2. The average molecular weight is 276 g/mol. The smallest absolute Gasteiger partial charge is 0.122 e. The van der Waals surface area contributed by atoms with Crippen molar-refractivity contribution >= 4 is 0 Å². The predicted molar refractivity (Wildman–Crippen MR) is 77.9 cm³/mol. The molecule has 0 atom stereocenters. The second-order valence-corrected chi connectivity index (χ2v) is 5.78. The fraction of sp³-hybridized carbons (Fsp3) is 0.688. The van der Waals surface area contributed by atoms with Crippen LogP contribution in [0.2, 0.25) is 0 Å². The van der Waals surface area contributed by atoms with Gasteiger partial charge in [-0.15, -0.1) is 0 Å². The summed E-state index contributed by atoms with van der Waals surface area (Å²) in [5.74, 6) is 0.933. The fourth-order valence-electron chi connectivity index (χ4n) is 3.10. The molecular weight excluding hydrogens is 252 g/mol. The van der Waals surface area contributed by atoms with Crippen LogP contribution >= 0.6 is 0 Å². The van der Waals surface area contributed by atoms with Gasteiger partial charge in [0.15, 0.2) is 0 Å². The van der Waals surface area contributed by atoms with E-state index in [-0.39, 0.29) is 0 Å². The molecule has 2 aliphatic rings. The highest BCUT2D eigenvalue weighted by atomic mass is 16.5. The summed E-state index contributed by atoms with van der Waals surface area (Å²) in [6.45, 7) is 2.20. The van der Waals surface area contributed by atoms with Gasteiger partial charge in [0, 0.05) is 12.4 Å². The highest BCUT2D eigenvalue weighted by molar-refractivity contribution is 5.17. The second kappa shape index (κ2) is 7.04. The molecule has 1 aromatic rings. The van der Waals surface area contributed by atoms with E-state index in [1.165, 1.54) is 0 Å². The zero-order valence-corrected chi connectivity index (χ0v) is 12.0. The third-order valence-electron chi connectivity index (χ3n) is 4.24. The van der Waals surface area contributed by atoms with Crippen molar-refractivity contribution in [2.45, 2.75) is 56.8 Å². The van der Waals surface area contributed by atoms with Gasteiger partial charge in [0.25, 0.3) is 0 Å². The van der Waals surface area contributed by atoms with Crippen LogP contribution in [-0.2, 0) is 4.74 Å². The van der Waals surface area contributed by atoms with E-state index >= 15 is 0 Å². The first kappa shape index (κ1) is 13.8. The molecule has 0 radical (unpaired) electrons. The third kappa shape index (κ3) is 3.93. The lowest BCUT2D eigenvalue weighted by Gasteiger charge is -2.33. The van der Waals surface area contributed by atoms with E-state index in [1.807, 2.05) is 12.1 Å². The molecule has 4 nitrogen and oxygen atoms in total. The maximum Gasteiger partial charge on any atom is 0.122 e. The first-order valence-corrected chi connectivity index (χ1v) is 7.83. The van der Waals surface area contributed by atoms with E-state index < -0.39 is 0 Å². The van der Waals surface area contributed by atoms with E-state index in [2.05, 4.69) is 10.3 Å². The Labute approximate surface area is 120 Å². The van der Waals surface area contributed by atoms with Crippen LogP contribution in [-0.4, -0.2) is 36.4 Å². The lowest BCUT2D eigenvalue weighted by Crippen LogP contribution is -2.37. The predicted octanol–water partition coefficient (Wildman–Crippen LogP) is 2.54. The first-order valence-electron chi connectivity index (χ1n) is 7.83. The molecule has 1 aromatic heterocycles. The van der Waals surface area contributed by atoms with E-state index in [4.69, 9.17) is 9.47 Å². The van der Waals surface area contributed by atoms with Gasteiger partial charge < -0.3 is 14.8 Å². The lowest BCUT2D eigenvalue weighted by molar-refractivity contribution is -0.0548. The van der Waals surface area contributed by atoms with Crippen molar-refractivity contribution in [3.8, 4) is 5.75 Å². The minimum atomic E-state index is 0.338. The summed E-state index contributed by atoms with van der Waals surface area (Å²) in [7, 11) is 0. The van der Waals surface area contributed by atoms with Crippen LogP contribution in [0.4, 0.5) is 0 Å². The summed E-state index contributed by atoms with van der Waals surface area (Å²) in [5, 5.41) is 3.38. The summed E-state index contributed by atoms with van der Waals surface area (Å²) in [5.41, 5.74) is 0. The minimum absolute atomic E-state index is 0.338. The summed E-state index contributed by atoms with van der Waals surface area (Å²) in [4.78, 5) is 4.01. The van der Waals surface area contributed by atoms with Crippen molar-refractivity contribution in [2.75, 3.05) is 13.1 Å². The van der Waals surface area contributed by atoms with E-state index in [9.17, 15) is 0 Å². The van der Waals surface area contributed by atoms with Gasteiger partial charge in [-0.2, -0.15) is 0 Å². The number of hydrogen-bond acceptors (Lipinski definition) is 4. The molecule has 1 aliphatic carbocycles. The molecule has 1 saturated heterocycles. The Morgan fingerprint density at radius 1 is 0.850 bits per heavy atom. The molecule has 0 amide bonds. The largest absolute Gasteiger partial charge is 0.490 e. The number of hydrogen-bond donors (Lipinski definition) is 1. The van der Waals surface area contributed by atoms with Gasteiger partial charge in [-0.1, -0.05) is 0 Å². The van der Waals surface area contributed by atoms with Crippen LogP contribution in [0.3, 0.4) is 0 Å². The number of rotatable bonds is 4. The molecule has 0 unspecified atom stereocenters. The Balaban J connectivity index is 1.40. The quantitative estimate of drug-likeness (QED) is 0.918. The maximum atomic E-state index is 6.23. The number of nitrogens with zero attached hydrogens (tertiary/aromatic N) is 1. The summed E-state index contributed by atoms with van der Waals surface area (Å²) >= 11 is 0. The Hall–Kier alpha value is -1.13. The highest BCUT2D eigenvalue weighted by Gasteiger charge is 2.25. The Kier molecular flexibility index (Phi) is 4.87. The molecule has 20 heavy (non-hydrogen) atoms. The molecule has 2 fully saturated rings. The van der Waals surface area contributed by atoms with E-state index in [0.717, 1.165) is 57.4 Å². The Morgan fingerprint density at radius 3 is 2.15 bits per heavy atom. The molecule has 1 aliphatic heterocycles. The molecule has 3 rings (SSSR count). The zero-order valence-electron chi connectivity index (χ0n) is 12.0. The van der Waals surface area contributed by atoms with E-state index in [1.54, 1.807) is 12.4 Å². The third-order valence-corrected chi connectivity index (χ3v) is 4.24. The molecule has 2 heterocycles. The zero-order chi connectivity index (χ0) is 13.6. The van der Waals surface area contributed by atoms with Gasteiger partial charge in [-0.05, 0) is 63.7 Å². The number of aromatic nitrogens is 1. The Bertz CT molecular complexity index is 385. The van der Waals surface area contributed by atoms with Crippen LogP contribution in [0.1, 0.15) is 38.5 Å². The molecule has 1 saturated carbocycles. The molecule has 0 aromatic carbocycles. The highest BCUT2D eigenvalue weighted by Crippen LogP contribution is 2.27. The normalized spacial score (nSPS) is 28.2. The second-order valence-electron chi connectivity index (χ2n) is 5.78. The molecule has 1 N–H and O–H groups in total. The van der Waals surface area contributed by atoms with Crippen molar-refractivity contribution in [3.05, 3.63) is 24.5 Å². The Morgan fingerprint density at radius 2 is 1.45 bits per heavy atom. The fourth-order valence-corrected chi connectivity index (χ4v) is 3.10. The average Bonchev–Trinajstić information content (AvgIpc) is 2.51. The van der Waals surface area contributed by atoms with E-state index in [0.29, 0.717) is 18.3 Å². The monoisotopic (exact) mass is 276 g/mol. The number of pyridine rings is 1. The van der Waals surface area contributed by atoms with Crippen LogP contribution in [0.5, 0.6) is 5.75 Å². The summed E-state index contributed by atoms with van der Waals surface area (Å²) in [6.07, 6.45) is 11.6. The van der Waals surface area contributed by atoms with Crippen LogP contribution in [0.25, 0.3) is 0 Å². The number of piperidine rings is 1. The van der Waals surface area contributed by atoms with Gasteiger partial charge in [0.05, 0.1) is 18.3 Å². The van der Waals surface area contributed by atoms with Crippen LogP contribution in [0, 0.1) is 0 Å². The topological polar surface area (TPSA) is 43.4 Å². The molecule has 4 heteroatoms. The van der Waals surface area contributed by atoms with Gasteiger partial charge in [-0.3, -0.25) is 4.98 Å². The minimum Gasteiger partial charge on any atom is -0.490 e. The molecule has 0 bridgehead atoms. The van der Waals surface area contributed by atoms with Gasteiger partial charge in [-0.25, -0.2) is 0 Å². The van der Waals surface area contributed by atoms with Crippen molar-refractivity contribution in [1.29, 1.82) is 0 Å². The van der Waals surface area contributed by atoms with Crippen molar-refractivity contribution in [2.24, 2.45) is 0 Å². The summed E-state index contributed by atoms with van der Waals surface area (Å²) in [6, 6.07) is 3.86. The van der Waals surface area contributed by atoms with Crippen molar-refractivity contribution < 1.29 is 9.47 Å². The van der Waals surface area contributed by atoms with Gasteiger partial charge in [0.1, 0.15) is 5.75 Å². The number of nitrogens with one attached hydrogen (secondary N) is 1. The van der Waals surface area contributed by atoms with Crippen molar-refractivity contribution in [3.63, 3.8) is 0 Å². The van der Waals surface area contributed by atoms with Crippen LogP contribution < -0.4 is 10.1 Å².